The van der Waals surface area contributed by atoms with E-state index in [0.717, 1.165) is 0 Å². The number of rotatable bonds is 2. The van der Waals surface area contributed by atoms with Crippen molar-refractivity contribution in [2.45, 2.75) is 20.3 Å². The molecule has 4 nitrogen and oxygen atoms in total. The second kappa shape index (κ2) is 7.81. The number of hydrogen-bond donors (Lipinski definition) is 3. The second-order valence-corrected chi connectivity index (χ2v) is 1.33. The Bertz CT molecular complexity index is 121. The normalized spacial score (nSPS) is 9.60. The lowest BCUT2D eigenvalue weighted by Gasteiger charge is -1.92. The van der Waals surface area contributed by atoms with Crippen molar-refractivity contribution >= 4 is 5.84 Å². The van der Waals surface area contributed by atoms with Crippen LogP contribution in [0.3, 0.4) is 0 Å². The Morgan fingerprint density at radius 3 is 2.10 bits per heavy atom. The van der Waals surface area contributed by atoms with Gasteiger partial charge in [-0.15, -0.1) is 0 Å². The van der Waals surface area contributed by atoms with Gasteiger partial charge in [-0.1, -0.05) is 25.6 Å². The molecule has 0 atom stereocenters. The minimum Gasteiger partial charge on any atom is -0.512 e. The quantitative estimate of drug-likeness (QED) is 0.180. The molecule has 0 amide bonds. The minimum absolute atomic E-state index is 0.0243. The van der Waals surface area contributed by atoms with Crippen molar-refractivity contribution in [2.24, 2.45) is 10.9 Å². The van der Waals surface area contributed by atoms with Crippen molar-refractivity contribution in [3.05, 3.63) is 12.3 Å². The van der Waals surface area contributed by atoms with Crippen molar-refractivity contribution in [1.82, 2.24) is 0 Å². The molecule has 0 rings (SSSR count). The molecular formula is C6H14N2O2. The molecule has 10 heavy (non-hydrogen) atoms. The van der Waals surface area contributed by atoms with Crippen molar-refractivity contribution in [1.29, 1.82) is 0 Å². The molecule has 0 bridgehead atoms. The summed E-state index contributed by atoms with van der Waals surface area (Å²) in [5.41, 5.74) is 4.95. The molecule has 4 N–H and O–H groups in total. The van der Waals surface area contributed by atoms with Crippen molar-refractivity contribution in [3.63, 3.8) is 0 Å². The summed E-state index contributed by atoms with van der Waals surface area (Å²) in [5.74, 6) is -0.155. The average Bonchev–Trinajstić information content (AvgIpc) is 1.91. The van der Waals surface area contributed by atoms with E-state index in [1.165, 1.54) is 0 Å². The maximum absolute atomic E-state index is 8.39. The molecule has 0 saturated carbocycles. The van der Waals surface area contributed by atoms with Crippen LogP contribution >= 0.6 is 0 Å². The van der Waals surface area contributed by atoms with Gasteiger partial charge < -0.3 is 16.0 Å². The van der Waals surface area contributed by atoms with E-state index in [-0.39, 0.29) is 18.0 Å². The van der Waals surface area contributed by atoms with Crippen LogP contribution in [0.1, 0.15) is 20.3 Å². The zero-order valence-electron chi connectivity index (χ0n) is 6.33. The Morgan fingerprint density at radius 1 is 1.60 bits per heavy atom. The van der Waals surface area contributed by atoms with Gasteiger partial charge in [0.25, 0.3) is 0 Å². The summed E-state index contributed by atoms with van der Waals surface area (Å²) < 4.78 is 0. The summed E-state index contributed by atoms with van der Waals surface area (Å²) in [5, 5.41) is 18.9. The maximum Gasteiger partial charge on any atom is 0.146 e. The third-order valence-corrected chi connectivity index (χ3v) is 0.514. The van der Waals surface area contributed by atoms with E-state index in [2.05, 4.69) is 11.7 Å². The molecular weight excluding hydrogens is 132 g/mol. The third-order valence-electron chi connectivity index (χ3n) is 0.514. The van der Waals surface area contributed by atoms with Crippen LogP contribution in [0, 0.1) is 0 Å². The van der Waals surface area contributed by atoms with Crippen LogP contribution in [-0.4, -0.2) is 16.1 Å². The first-order valence-electron chi connectivity index (χ1n) is 3.00. The summed E-state index contributed by atoms with van der Waals surface area (Å²) in [6.45, 7) is 7.13. The zero-order valence-corrected chi connectivity index (χ0v) is 6.33. The summed E-state index contributed by atoms with van der Waals surface area (Å²) in [4.78, 5) is 0. The molecule has 0 aromatic heterocycles. The van der Waals surface area contributed by atoms with E-state index in [9.17, 15) is 0 Å². The lowest BCUT2D eigenvalue weighted by Crippen LogP contribution is -2.11. The first-order valence-corrected chi connectivity index (χ1v) is 3.00. The number of nitrogens with two attached hydrogens (primary N) is 1. The SMILES string of the molecule is C=C(O)C/C(N)=N\O.CC. The van der Waals surface area contributed by atoms with Gasteiger partial charge in [0, 0.05) is 0 Å². The highest BCUT2D eigenvalue weighted by molar-refractivity contribution is 5.81. The third kappa shape index (κ3) is 9.94. The van der Waals surface area contributed by atoms with E-state index < -0.39 is 0 Å². The van der Waals surface area contributed by atoms with Gasteiger partial charge in [-0.05, 0) is 0 Å². The molecule has 0 aliphatic heterocycles. The fourth-order valence-corrected chi connectivity index (χ4v) is 0.244. The Hall–Kier alpha value is -1.19. The first-order chi connectivity index (χ1) is 4.66. The zero-order chi connectivity index (χ0) is 8.57. The van der Waals surface area contributed by atoms with Crippen LogP contribution in [0.2, 0.25) is 0 Å². The molecule has 0 heterocycles. The van der Waals surface area contributed by atoms with Crippen LogP contribution in [0.5, 0.6) is 0 Å². The predicted molar refractivity (Wildman–Crippen MR) is 41.1 cm³/mol. The maximum atomic E-state index is 8.39. The molecule has 0 aromatic carbocycles. The molecule has 60 valence electrons. The van der Waals surface area contributed by atoms with Crippen molar-refractivity contribution in [2.75, 3.05) is 0 Å². The van der Waals surface area contributed by atoms with Crippen LogP contribution < -0.4 is 5.73 Å². The molecule has 0 aromatic rings. The second-order valence-electron chi connectivity index (χ2n) is 1.33. The van der Waals surface area contributed by atoms with Gasteiger partial charge in [0.15, 0.2) is 0 Å². The van der Waals surface area contributed by atoms with E-state index in [1.807, 2.05) is 13.8 Å². The summed E-state index contributed by atoms with van der Waals surface area (Å²) >= 11 is 0. The van der Waals surface area contributed by atoms with Gasteiger partial charge >= 0.3 is 0 Å². The standard InChI is InChI=1S/C4H8N2O2.C2H6/c1-3(7)2-4(5)6-8;1-2/h7-8H,1-2H2,(H2,5,6);1-2H3. The molecule has 0 unspecified atom stereocenters. The molecule has 0 aliphatic carbocycles. The Balaban J connectivity index is 0. The molecule has 4 heteroatoms. The van der Waals surface area contributed by atoms with E-state index in [4.69, 9.17) is 16.0 Å². The number of hydrogen-bond acceptors (Lipinski definition) is 3. The summed E-state index contributed by atoms with van der Waals surface area (Å²) in [6, 6.07) is 0. The molecule has 0 aliphatic rings. The first kappa shape index (κ1) is 11.6. The average molecular weight is 146 g/mol. The highest BCUT2D eigenvalue weighted by atomic mass is 16.4. The lowest BCUT2D eigenvalue weighted by atomic mass is 10.4. The van der Waals surface area contributed by atoms with Crippen LogP contribution in [-0.2, 0) is 0 Å². The Morgan fingerprint density at radius 2 is 2.00 bits per heavy atom. The molecule has 0 spiro atoms. The van der Waals surface area contributed by atoms with E-state index >= 15 is 0 Å². The lowest BCUT2D eigenvalue weighted by molar-refractivity contribution is 0.315. The van der Waals surface area contributed by atoms with Crippen LogP contribution in [0.15, 0.2) is 17.5 Å². The van der Waals surface area contributed by atoms with Gasteiger partial charge in [-0.3, -0.25) is 0 Å². The summed E-state index contributed by atoms with van der Waals surface area (Å²) in [6.07, 6.45) is 0.0243. The fraction of sp³-hybridized carbons (Fsp3) is 0.500. The fourth-order valence-electron chi connectivity index (χ4n) is 0.244. The number of amidine groups is 1. The number of oxime groups is 1. The van der Waals surface area contributed by atoms with Gasteiger partial charge in [-0.2, -0.15) is 0 Å². The largest absolute Gasteiger partial charge is 0.512 e. The molecule has 0 saturated heterocycles. The highest BCUT2D eigenvalue weighted by Gasteiger charge is 1.92. The highest BCUT2D eigenvalue weighted by Crippen LogP contribution is 1.88. The van der Waals surface area contributed by atoms with E-state index in [1.54, 1.807) is 0 Å². The van der Waals surface area contributed by atoms with Gasteiger partial charge in [0.1, 0.15) is 5.84 Å². The number of aliphatic hydroxyl groups is 1. The summed E-state index contributed by atoms with van der Waals surface area (Å²) in [7, 11) is 0. The van der Waals surface area contributed by atoms with Gasteiger partial charge in [-0.25, -0.2) is 0 Å². The van der Waals surface area contributed by atoms with Gasteiger partial charge in [0.2, 0.25) is 0 Å². The Kier molecular flexibility index (Phi) is 9.05. The molecule has 0 radical (unpaired) electrons. The van der Waals surface area contributed by atoms with E-state index in [0.29, 0.717) is 0 Å². The molecule has 0 fully saturated rings. The number of nitrogens with zero attached hydrogens (tertiary/aromatic N) is 1. The van der Waals surface area contributed by atoms with Crippen molar-refractivity contribution < 1.29 is 10.3 Å². The monoisotopic (exact) mass is 146 g/mol. The predicted octanol–water partition coefficient (Wildman–Crippen LogP) is 1.22. The Labute approximate surface area is 60.7 Å². The van der Waals surface area contributed by atoms with Crippen LogP contribution in [0.4, 0.5) is 0 Å². The smallest absolute Gasteiger partial charge is 0.146 e. The topological polar surface area (TPSA) is 78.8 Å². The van der Waals surface area contributed by atoms with Crippen molar-refractivity contribution in [3.8, 4) is 0 Å². The number of aliphatic hydroxyl groups excluding tert-OH is 1. The van der Waals surface area contributed by atoms with Crippen LogP contribution in [0.25, 0.3) is 0 Å². The minimum atomic E-state index is -0.111. The van der Waals surface area contributed by atoms with Gasteiger partial charge in [0.05, 0.1) is 12.2 Å².